The molecule has 0 amide bonds. The molecule has 3 heteroatoms. The predicted octanol–water partition coefficient (Wildman–Crippen LogP) is 1.70. The summed E-state index contributed by atoms with van der Waals surface area (Å²) in [6.45, 7) is 6.58. The number of benzene rings is 1. The third-order valence-electron chi connectivity index (χ3n) is 4.04. The van der Waals surface area contributed by atoms with Crippen LogP contribution in [0.3, 0.4) is 0 Å². The Morgan fingerprint density at radius 1 is 1.50 bits per heavy atom. The van der Waals surface area contributed by atoms with Crippen molar-refractivity contribution in [2.45, 2.75) is 32.4 Å². The number of aryl methyl sites for hydroxylation is 1. The molecular weight excluding hydrogens is 224 g/mol. The standard InChI is InChI=1S/C15H24N2O/c1-11-4-3-5-13(8-11)14(9-16)17-7-6-12(2)15(18)10-17/h3-5,8,12,14-15,18H,6-7,9-10,16H2,1-2H3. The second-order valence-electron chi connectivity index (χ2n) is 5.49. The van der Waals surface area contributed by atoms with Crippen LogP contribution in [0.2, 0.25) is 0 Å². The largest absolute Gasteiger partial charge is 0.392 e. The fourth-order valence-corrected chi connectivity index (χ4v) is 2.73. The highest BCUT2D eigenvalue weighted by molar-refractivity contribution is 5.25. The van der Waals surface area contributed by atoms with Gasteiger partial charge in [-0.15, -0.1) is 0 Å². The van der Waals surface area contributed by atoms with Crippen LogP contribution in [-0.2, 0) is 0 Å². The van der Waals surface area contributed by atoms with Gasteiger partial charge in [-0.2, -0.15) is 0 Å². The summed E-state index contributed by atoms with van der Waals surface area (Å²) in [5, 5.41) is 10.0. The molecule has 3 unspecified atom stereocenters. The van der Waals surface area contributed by atoms with Crippen LogP contribution in [-0.4, -0.2) is 35.7 Å². The van der Waals surface area contributed by atoms with Crippen molar-refractivity contribution < 1.29 is 5.11 Å². The van der Waals surface area contributed by atoms with Crippen molar-refractivity contribution >= 4 is 0 Å². The van der Waals surface area contributed by atoms with Gasteiger partial charge in [0.05, 0.1) is 6.10 Å². The first-order chi connectivity index (χ1) is 8.61. The number of rotatable bonds is 3. The van der Waals surface area contributed by atoms with E-state index in [0.29, 0.717) is 12.5 Å². The van der Waals surface area contributed by atoms with E-state index in [0.717, 1.165) is 19.5 Å². The second-order valence-corrected chi connectivity index (χ2v) is 5.49. The minimum atomic E-state index is -0.224. The molecule has 18 heavy (non-hydrogen) atoms. The lowest BCUT2D eigenvalue weighted by molar-refractivity contribution is 0.0111. The van der Waals surface area contributed by atoms with E-state index in [-0.39, 0.29) is 12.1 Å². The Morgan fingerprint density at radius 3 is 2.89 bits per heavy atom. The van der Waals surface area contributed by atoms with Gasteiger partial charge in [-0.05, 0) is 31.4 Å². The zero-order valence-corrected chi connectivity index (χ0v) is 11.3. The first-order valence-corrected chi connectivity index (χ1v) is 6.80. The third-order valence-corrected chi connectivity index (χ3v) is 4.04. The van der Waals surface area contributed by atoms with Crippen molar-refractivity contribution in [1.29, 1.82) is 0 Å². The number of hydrogen-bond donors (Lipinski definition) is 2. The Kier molecular flexibility index (Phi) is 4.38. The van der Waals surface area contributed by atoms with Gasteiger partial charge >= 0.3 is 0 Å². The topological polar surface area (TPSA) is 49.5 Å². The van der Waals surface area contributed by atoms with Crippen LogP contribution in [0.1, 0.15) is 30.5 Å². The summed E-state index contributed by atoms with van der Waals surface area (Å²) in [7, 11) is 0. The highest BCUT2D eigenvalue weighted by atomic mass is 16.3. The minimum absolute atomic E-state index is 0.224. The average Bonchev–Trinajstić information content (AvgIpc) is 2.35. The molecule has 0 radical (unpaired) electrons. The molecule has 3 atom stereocenters. The molecule has 100 valence electrons. The molecule has 1 heterocycles. The molecule has 2 rings (SSSR count). The Hall–Kier alpha value is -0.900. The van der Waals surface area contributed by atoms with Crippen molar-refractivity contribution in [2.75, 3.05) is 19.6 Å². The zero-order chi connectivity index (χ0) is 13.1. The number of hydrogen-bond acceptors (Lipinski definition) is 3. The van der Waals surface area contributed by atoms with Gasteiger partial charge in [0.1, 0.15) is 0 Å². The van der Waals surface area contributed by atoms with E-state index >= 15 is 0 Å². The molecule has 1 aromatic rings. The second kappa shape index (κ2) is 5.83. The summed E-state index contributed by atoms with van der Waals surface area (Å²) in [6.07, 6.45) is 0.821. The van der Waals surface area contributed by atoms with Crippen LogP contribution >= 0.6 is 0 Å². The van der Waals surface area contributed by atoms with Crippen LogP contribution in [0.5, 0.6) is 0 Å². The molecule has 0 saturated carbocycles. The van der Waals surface area contributed by atoms with E-state index in [4.69, 9.17) is 5.73 Å². The molecule has 1 aliphatic heterocycles. The molecule has 1 fully saturated rings. The van der Waals surface area contributed by atoms with Crippen LogP contribution in [0, 0.1) is 12.8 Å². The van der Waals surface area contributed by atoms with Crippen molar-refractivity contribution in [3.05, 3.63) is 35.4 Å². The molecule has 0 aromatic heterocycles. The summed E-state index contributed by atoms with van der Waals surface area (Å²) in [5.41, 5.74) is 8.47. The number of aliphatic hydroxyl groups excluding tert-OH is 1. The van der Waals surface area contributed by atoms with Crippen molar-refractivity contribution in [2.24, 2.45) is 11.7 Å². The lowest BCUT2D eigenvalue weighted by Gasteiger charge is -2.39. The van der Waals surface area contributed by atoms with Gasteiger partial charge < -0.3 is 10.8 Å². The molecule has 1 aliphatic rings. The third kappa shape index (κ3) is 2.91. The maximum absolute atomic E-state index is 10.0. The smallest absolute Gasteiger partial charge is 0.0693 e. The van der Waals surface area contributed by atoms with Crippen LogP contribution in [0.25, 0.3) is 0 Å². The lowest BCUT2D eigenvalue weighted by Crippen LogP contribution is -2.46. The predicted molar refractivity (Wildman–Crippen MR) is 74.3 cm³/mol. The number of piperidine rings is 1. The summed E-state index contributed by atoms with van der Waals surface area (Å²) >= 11 is 0. The van der Waals surface area contributed by atoms with E-state index in [2.05, 4.69) is 43.0 Å². The summed E-state index contributed by atoms with van der Waals surface area (Å²) in [6, 6.07) is 8.74. The van der Waals surface area contributed by atoms with Gasteiger partial charge in [-0.1, -0.05) is 36.8 Å². The van der Waals surface area contributed by atoms with Gasteiger partial charge in [-0.25, -0.2) is 0 Å². The first-order valence-electron chi connectivity index (χ1n) is 6.80. The zero-order valence-electron chi connectivity index (χ0n) is 11.3. The fraction of sp³-hybridized carbons (Fsp3) is 0.600. The normalized spacial score (nSPS) is 27.1. The van der Waals surface area contributed by atoms with Crippen LogP contribution < -0.4 is 5.73 Å². The quantitative estimate of drug-likeness (QED) is 0.856. The maximum atomic E-state index is 10.0. The van der Waals surface area contributed by atoms with E-state index in [1.165, 1.54) is 11.1 Å². The average molecular weight is 248 g/mol. The van der Waals surface area contributed by atoms with Crippen molar-refractivity contribution in [1.82, 2.24) is 4.90 Å². The molecule has 3 nitrogen and oxygen atoms in total. The highest BCUT2D eigenvalue weighted by Crippen LogP contribution is 2.26. The molecule has 1 saturated heterocycles. The van der Waals surface area contributed by atoms with Gasteiger partial charge in [0.15, 0.2) is 0 Å². The Labute approximate surface area is 110 Å². The molecule has 1 aromatic carbocycles. The van der Waals surface area contributed by atoms with Crippen molar-refractivity contribution in [3.8, 4) is 0 Å². The van der Waals surface area contributed by atoms with Crippen LogP contribution in [0.4, 0.5) is 0 Å². The van der Waals surface area contributed by atoms with Gasteiger partial charge in [0.2, 0.25) is 0 Å². The van der Waals surface area contributed by atoms with Gasteiger partial charge in [0.25, 0.3) is 0 Å². The summed E-state index contributed by atoms with van der Waals surface area (Å²) in [5.74, 6) is 0.400. The fourth-order valence-electron chi connectivity index (χ4n) is 2.73. The van der Waals surface area contributed by atoms with E-state index in [1.54, 1.807) is 0 Å². The van der Waals surface area contributed by atoms with E-state index in [1.807, 2.05) is 0 Å². The number of nitrogens with zero attached hydrogens (tertiary/aromatic N) is 1. The number of nitrogens with two attached hydrogens (primary N) is 1. The molecule has 0 spiro atoms. The maximum Gasteiger partial charge on any atom is 0.0693 e. The Bertz CT molecular complexity index is 394. The minimum Gasteiger partial charge on any atom is -0.392 e. The van der Waals surface area contributed by atoms with Crippen molar-refractivity contribution in [3.63, 3.8) is 0 Å². The number of β-amino-alcohol motifs (C(OH)–C–C–N with tert-alkyl or cyclic N) is 1. The van der Waals surface area contributed by atoms with Crippen LogP contribution in [0.15, 0.2) is 24.3 Å². The first kappa shape index (κ1) is 13.5. The molecule has 3 N–H and O–H groups in total. The lowest BCUT2D eigenvalue weighted by atomic mass is 9.93. The monoisotopic (exact) mass is 248 g/mol. The number of likely N-dealkylation sites (tertiary alicyclic amines) is 1. The van der Waals surface area contributed by atoms with Gasteiger partial charge in [0, 0.05) is 19.1 Å². The Morgan fingerprint density at radius 2 is 2.28 bits per heavy atom. The SMILES string of the molecule is Cc1cccc(C(CN)N2CCC(C)C(O)C2)c1. The summed E-state index contributed by atoms with van der Waals surface area (Å²) < 4.78 is 0. The van der Waals surface area contributed by atoms with Gasteiger partial charge in [-0.3, -0.25) is 4.90 Å². The van der Waals surface area contributed by atoms with E-state index in [9.17, 15) is 5.11 Å². The Balaban J connectivity index is 2.14. The number of aliphatic hydroxyl groups is 1. The molecule has 0 aliphatic carbocycles. The molecular formula is C15H24N2O. The molecule has 0 bridgehead atoms. The van der Waals surface area contributed by atoms with E-state index < -0.39 is 0 Å². The summed E-state index contributed by atoms with van der Waals surface area (Å²) in [4.78, 5) is 2.32. The highest BCUT2D eigenvalue weighted by Gasteiger charge is 2.29.